The van der Waals surface area contributed by atoms with E-state index < -0.39 is 16.1 Å². The Kier molecular flexibility index (Phi) is 3.40. The second kappa shape index (κ2) is 5.23. The summed E-state index contributed by atoms with van der Waals surface area (Å²) in [4.78, 5) is 0.232. The Morgan fingerprint density at radius 2 is 1.90 bits per heavy atom. The molecule has 8 heteroatoms. The number of aromatic nitrogens is 4. The Hall–Kier alpha value is -2.32. The normalized spacial score (nSPS) is 13.4. The number of fused-ring (bicyclic) bond motifs is 1. The fraction of sp³-hybridized carbons (Fsp3) is 0.154. The lowest BCUT2D eigenvalue weighted by Gasteiger charge is -2.12. The van der Waals surface area contributed by atoms with E-state index in [4.69, 9.17) is 0 Å². The zero-order chi connectivity index (χ0) is 14.9. The van der Waals surface area contributed by atoms with Gasteiger partial charge in [0.2, 0.25) is 10.0 Å². The van der Waals surface area contributed by atoms with Crippen molar-refractivity contribution >= 4 is 20.8 Å². The zero-order valence-electron chi connectivity index (χ0n) is 11.2. The highest BCUT2D eigenvalue weighted by molar-refractivity contribution is 7.89. The highest BCUT2D eigenvalue weighted by Gasteiger charge is 2.22. The number of hydrogen-bond acceptors (Lipinski definition) is 5. The van der Waals surface area contributed by atoms with Gasteiger partial charge in [0, 0.05) is 5.39 Å². The van der Waals surface area contributed by atoms with Crippen LogP contribution >= 0.6 is 0 Å². The topological polar surface area (TPSA) is 101 Å². The molecule has 0 spiro atoms. The van der Waals surface area contributed by atoms with E-state index >= 15 is 0 Å². The molecule has 1 heterocycles. The van der Waals surface area contributed by atoms with E-state index in [1.807, 2.05) is 24.3 Å². The van der Waals surface area contributed by atoms with Crippen LogP contribution < -0.4 is 4.72 Å². The third kappa shape index (κ3) is 2.63. The first kappa shape index (κ1) is 13.7. The molecule has 0 saturated heterocycles. The fourth-order valence-electron chi connectivity index (χ4n) is 2.13. The van der Waals surface area contributed by atoms with E-state index in [1.54, 1.807) is 25.1 Å². The van der Waals surface area contributed by atoms with Crippen LogP contribution in [-0.4, -0.2) is 29.0 Å². The predicted molar refractivity (Wildman–Crippen MR) is 76.9 cm³/mol. The first-order chi connectivity index (χ1) is 10.1. The third-order valence-corrected chi connectivity index (χ3v) is 4.72. The van der Waals surface area contributed by atoms with Crippen LogP contribution in [0, 0.1) is 0 Å². The van der Waals surface area contributed by atoms with E-state index in [1.165, 1.54) is 0 Å². The quantitative estimate of drug-likeness (QED) is 0.758. The van der Waals surface area contributed by atoms with Crippen molar-refractivity contribution in [2.24, 2.45) is 0 Å². The van der Waals surface area contributed by atoms with Crippen molar-refractivity contribution in [2.45, 2.75) is 17.9 Å². The molecule has 0 aliphatic heterocycles. The molecule has 1 aromatic heterocycles. The average Bonchev–Trinajstić information content (AvgIpc) is 3.00. The van der Waals surface area contributed by atoms with Gasteiger partial charge in [-0.15, -0.1) is 10.2 Å². The zero-order valence-corrected chi connectivity index (χ0v) is 12.0. The molecule has 0 aliphatic carbocycles. The smallest absolute Gasteiger partial charge is 0.207 e. The highest BCUT2D eigenvalue weighted by Crippen LogP contribution is 2.23. The van der Waals surface area contributed by atoms with Crippen LogP contribution in [0.3, 0.4) is 0 Å². The molecule has 2 aromatic carbocycles. The summed E-state index contributed by atoms with van der Waals surface area (Å²) < 4.78 is 27.7. The summed E-state index contributed by atoms with van der Waals surface area (Å²) in [6.45, 7) is 1.66. The second-order valence-electron chi connectivity index (χ2n) is 4.59. The van der Waals surface area contributed by atoms with Gasteiger partial charge in [-0.1, -0.05) is 41.6 Å². The largest absolute Gasteiger partial charge is 0.241 e. The molecule has 1 unspecified atom stereocenters. The molecule has 0 amide bonds. The van der Waals surface area contributed by atoms with Gasteiger partial charge < -0.3 is 0 Å². The van der Waals surface area contributed by atoms with Crippen LogP contribution in [0.2, 0.25) is 0 Å². The summed E-state index contributed by atoms with van der Waals surface area (Å²) in [5, 5.41) is 14.8. The van der Waals surface area contributed by atoms with Crippen LogP contribution in [-0.2, 0) is 10.0 Å². The maximum Gasteiger partial charge on any atom is 0.241 e. The number of tetrazole rings is 1. The maximum atomic E-state index is 12.6. The monoisotopic (exact) mass is 303 g/mol. The lowest BCUT2D eigenvalue weighted by molar-refractivity contribution is 0.561. The van der Waals surface area contributed by atoms with Gasteiger partial charge in [0.1, 0.15) is 0 Å². The Morgan fingerprint density at radius 3 is 2.67 bits per heavy atom. The molecule has 1 atom stereocenters. The van der Waals surface area contributed by atoms with Crippen LogP contribution in [0.25, 0.3) is 10.8 Å². The summed E-state index contributed by atoms with van der Waals surface area (Å²) in [7, 11) is -3.68. The number of aromatic amines is 1. The standard InChI is InChI=1S/C13H13N5O2S/c1-9(13-14-17-18-15-13)16-21(19,20)12-8-4-6-10-5-2-3-7-11(10)12/h2-9,16H,1H3,(H,14,15,17,18). The van der Waals surface area contributed by atoms with Gasteiger partial charge in [-0.3, -0.25) is 0 Å². The first-order valence-corrected chi connectivity index (χ1v) is 7.80. The average molecular weight is 303 g/mol. The predicted octanol–water partition coefficient (Wildman–Crippen LogP) is 1.39. The minimum Gasteiger partial charge on any atom is -0.207 e. The van der Waals surface area contributed by atoms with Gasteiger partial charge in [0.05, 0.1) is 10.9 Å². The minimum atomic E-state index is -3.68. The molecule has 0 radical (unpaired) electrons. The van der Waals surface area contributed by atoms with E-state index in [-0.39, 0.29) is 4.90 Å². The highest BCUT2D eigenvalue weighted by atomic mass is 32.2. The van der Waals surface area contributed by atoms with Crippen LogP contribution in [0.4, 0.5) is 0 Å². The van der Waals surface area contributed by atoms with Gasteiger partial charge in [-0.2, -0.15) is 5.21 Å². The number of H-pyrrole nitrogens is 1. The minimum absolute atomic E-state index is 0.232. The van der Waals surface area contributed by atoms with Crippen LogP contribution in [0.1, 0.15) is 18.8 Å². The van der Waals surface area contributed by atoms with Gasteiger partial charge in [-0.05, 0) is 18.4 Å². The molecule has 7 nitrogen and oxygen atoms in total. The van der Waals surface area contributed by atoms with Crippen molar-refractivity contribution in [1.82, 2.24) is 25.3 Å². The molecule has 0 fully saturated rings. The maximum absolute atomic E-state index is 12.6. The molecular formula is C13H13N5O2S. The molecular weight excluding hydrogens is 290 g/mol. The summed E-state index contributed by atoms with van der Waals surface area (Å²) >= 11 is 0. The Labute approximate surface area is 121 Å². The molecule has 2 N–H and O–H groups in total. The Balaban J connectivity index is 2.01. The van der Waals surface area contributed by atoms with Crippen LogP contribution in [0.15, 0.2) is 47.4 Å². The SMILES string of the molecule is CC(NS(=O)(=O)c1cccc2ccccc12)c1nn[nH]n1. The summed E-state index contributed by atoms with van der Waals surface area (Å²) in [6.07, 6.45) is 0. The number of nitrogens with zero attached hydrogens (tertiary/aromatic N) is 3. The number of sulfonamides is 1. The molecule has 108 valence electrons. The van der Waals surface area contributed by atoms with E-state index in [9.17, 15) is 8.42 Å². The van der Waals surface area contributed by atoms with Gasteiger partial charge >= 0.3 is 0 Å². The number of nitrogens with one attached hydrogen (secondary N) is 2. The molecule has 0 aliphatic rings. The molecule has 0 bridgehead atoms. The van der Waals surface area contributed by atoms with Gasteiger partial charge in [0.15, 0.2) is 5.82 Å². The van der Waals surface area contributed by atoms with Crippen molar-refractivity contribution in [3.63, 3.8) is 0 Å². The second-order valence-corrected chi connectivity index (χ2v) is 6.27. The molecule has 0 saturated carbocycles. The van der Waals surface area contributed by atoms with Crippen molar-refractivity contribution < 1.29 is 8.42 Å². The van der Waals surface area contributed by atoms with E-state index in [0.29, 0.717) is 11.2 Å². The number of rotatable bonds is 4. The Bertz CT molecular complexity index is 856. The summed E-state index contributed by atoms with van der Waals surface area (Å²) in [5.41, 5.74) is 0. The van der Waals surface area contributed by atoms with Crippen molar-refractivity contribution in [1.29, 1.82) is 0 Å². The number of hydrogen-bond donors (Lipinski definition) is 2. The van der Waals surface area contributed by atoms with E-state index in [2.05, 4.69) is 25.3 Å². The van der Waals surface area contributed by atoms with Crippen LogP contribution in [0.5, 0.6) is 0 Å². The molecule has 21 heavy (non-hydrogen) atoms. The lowest BCUT2D eigenvalue weighted by Crippen LogP contribution is -2.27. The lowest BCUT2D eigenvalue weighted by atomic mass is 10.1. The third-order valence-electron chi connectivity index (χ3n) is 3.12. The fourth-order valence-corrected chi connectivity index (χ4v) is 3.56. The number of benzene rings is 2. The Morgan fingerprint density at radius 1 is 1.14 bits per heavy atom. The van der Waals surface area contributed by atoms with Gasteiger partial charge in [-0.25, -0.2) is 13.1 Å². The molecule has 3 aromatic rings. The van der Waals surface area contributed by atoms with Crippen molar-refractivity contribution in [3.05, 3.63) is 48.3 Å². The molecule has 3 rings (SSSR count). The van der Waals surface area contributed by atoms with Crippen molar-refractivity contribution in [2.75, 3.05) is 0 Å². The summed E-state index contributed by atoms with van der Waals surface area (Å²) in [5.74, 6) is 0.291. The van der Waals surface area contributed by atoms with E-state index in [0.717, 1.165) is 5.39 Å². The summed E-state index contributed by atoms with van der Waals surface area (Å²) in [6, 6.07) is 11.9. The van der Waals surface area contributed by atoms with Gasteiger partial charge in [0.25, 0.3) is 0 Å². The van der Waals surface area contributed by atoms with Crippen molar-refractivity contribution in [3.8, 4) is 0 Å². The first-order valence-electron chi connectivity index (χ1n) is 6.31.